The highest BCUT2D eigenvalue weighted by molar-refractivity contribution is 7.99. The minimum atomic E-state index is 0.0701. The maximum Gasteiger partial charge on any atom is 0.156 e. The zero-order valence-corrected chi connectivity index (χ0v) is 10.5. The molecule has 1 aliphatic heterocycles. The van der Waals surface area contributed by atoms with E-state index >= 15 is 0 Å². The summed E-state index contributed by atoms with van der Waals surface area (Å²) in [5.41, 5.74) is 0.872. The van der Waals surface area contributed by atoms with E-state index < -0.39 is 0 Å². The number of carbonyl (C=O) groups is 1. The van der Waals surface area contributed by atoms with Crippen LogP contribution in [0.4, 0.5) is 0 Å². The Morgan fingerprint density at radius 3 is 3.06 bits per heavy atom. The standard InChI is InChI=1S/C11H17N3OS/c1-13-5-6-16-8-10(13)11(15)7-9-3-4-14(2)12-9/h3-4,10H,5-8H2,1-2H3. The Kier molecular flexibility index (Phi) is 3.66. The van der Waals surface area contributed by atoms with Crippen LogP contribution in [0.1, 0.15) is 5.69 Å². The van der Waals surface area contributed by atoms with Gasteiger partial charge < -0.3 is 0 Å². The van der Waals surface area contributed by atoms with Gasteiger partial charge in [0.1, 0.15) is 0 Å². The van der Waals surface area contributed by atoms with Gasteiger partial charge in [0, 0.05) is 31.3 Å². The summed E-state index contributed by atoms with van der Waals surface area (Å²) in [5.74, 6) is 2.33. The molecule has 0 spiro atoms. The molecule has 16 heavy (non-hydrogen) atoms. The average molecular weight is 239 g/mol. The molecule has 88 valence electrons. The molecule has 1 atom stereocenters. The third-order valence-electron chi connectivity index (χ3n) is 2.89. The lowest BCUT2D eigenvalue weighted by molar-refractivity contribution is -0.122. The van der Waals surface area contributed by atoms with E-state index in [2.05, 4.69) is 10.00 Å². The number of hydrogen-bond acceptors (Lipinski definition) is 4. The third-order valence-corrected chi connectivity index (χ3v) is 3.91. The fraction of sp³-hybridized carbons (Fsp3) is 0.636. The van der Waals surface area contributed by atoms with Crippen LogP contribution < -0.4 is 0 Å². The van der Waals surface area contributed by atoms with Gasteiger partial charge in [0.25, 0.3) is 0 Å². The van der Waals surface area contributed by atoms with E-state index in [0.717, 1.165) is 23.7 Å². The van der Waals surface area contributed by atoms with Crippen molar-refractivity contribution in [3.8, 4) is 0 Å². The highest BCUT2D eigenvalue weighted by Crippen LogP contribution is 2.16. The van der Waals surface area contributed by atoms with Gasteiger partial charge in [0.2, 0.25) is 0 Å². The van der Waals surface area contributed by atoms with Crippen molar-refractivity contribution in [2.75, 3.05) is 25.1 Å². The van der Waals surface area contributed by atoms with Crippen LogP contribution in [-0.2, 0) is 18.3 Å². The number of likely N-dealkylation sites (N-methyl/N-ethyl adjacent to an activating group) is 1. The highest BCUT2D eigenvalue weighted by atomic mass is 32.2. The lowest BCUT2D eigenvalue weighted by atomic mass is 10.1. The number of aromatic nitrogens is 2. The maximum absolute atomic E-state index is 12.1. The van der Waals surface area contributed by atoms with E-state index in [1.807, 2.05) is 38.1 Å². The molecule has 1 saturated heterocycles. The molecule has 2 heterocycles. The largest absolute Gasteiger partial charge is 0.297 e. The van der Waals surface area contributed by atoms with Crippen LogP contribution in [0, 0.1) is 0 Å². The average Bonchev–Trinajstić information content (AvgIpc) is 2.64. The fourth-order valence-electron chi connectivity index (χ4n) is 1.88. The van der Waals surface area contributed by atoms with Crippen LogP contribution in [0.15, 0.2) is 12.3 Å². The van der Waals surface area contributed by atoms with Gasteiger partial charge in [-0.3, -0.25) is 14.4 Å². The Labute approximate surface area is 100.0 Å². The SMILES string of the molecule is CN1CCSCC1C(=O)Cc1ccn(C)n1. The van der Waals surface area contributed by atoms with E-state index in [1.165, 1.54) is 0 Å². The van der Waals surface area contributed by atoms with Crippen molar-refractivity contribution in [2.45, 2.75) is 12.5 Å². The van der Waals surface area contributed by atoms with Crippen molar-refractivity contribution < 1.29 is 4.79 Å². The Bertz CT molecular complexity index is 377. The van der Waals surface area contributed by atoms with Crippen molar-refractivity contribution in [3.63, 3.8) is 0 Å². The minimum Gasteiger partial charge on any atom is -0.297 e. The topological polar surface area (TPSA) is 38.1 Å². The second-order valence-corrected chi connectivity index (χ2v) is 5.34. The quantitative estimate of drug-likeness (QED) is 0.773. The van der Waals surface area contributed by atoms with Crippen LogP contribution in [0.5, 0.6) is 0 Å². The predicted octanol–water partition coefficient (Wildman–Crippen LogP) is 0.579. The summed E-state index contributed by atoms with van der Waals surface area (Å²) in [6.07, 6.45) is 2.33. The molecule has 1 fully saturated rings. The Morgan fingerprint density at radius 2 is 2.44 bits per heavy atom. The first-order chi connectivity index (χ1) is 7.66. The Balaban J connectivity index is 1.96. The predicted molar refractivity (Wildman–Crippen MR) is 65.7 cm³/mol. The van der Waals surface area contributed by atoms with Gasteiger partial charge >= 0.3 is 0 Å². The van der Waals surface area contributed by atoms with Crippen LogP contribution in [0.25, 0.3) is 0 Å². The summed E-state index contributed by atoms with van der Waals surface area (Å²) >= 11 is 1.86. The summed E-state index contributed by atoms with van der Waals surface area (Å²) < 4.78 is 1.74. The third kappa shape index (κ3) is 2.65. The van der Waals surface area contributed by atoms with Crippen molar-refractivity contribution in [2.24, 2.45) is 7.05 Å². The summed E-state index contributed by atoms with van der Waals surface area (Å²) in [7, 11) is 3.90. The molecule has 4 nitrogen and oxygen atoms in total. The maximum atomic E-state index is 12.1. The van der Waals surface area contributed by atoms with Crippen LogP contribution in [0.3, 0.4) is 0 Å². The van der Waals surface area contributed by atoms with Crippen molar-refractivity contribution in [3.05, 3.63) is 18.0 Å². The van der Waals surface area contributed by atoms with Crippen LogP contribution in [0.2, 0.25) is 0 Å². The Morgan fingerprint density at radius 1 is 1.62 bits per heavy atom. The molecule has 2 rings (SSSR count). The van der Waals surface area contributed by atoms with Crippen molar-refractivity contribution >= 4 is 17.5 Å². The first kappa shape index (κ1) is 11.7. The van der Waals surface area contributed by atoms with Crippen LogP contribution >= 0.6 is 11.8 Å². The van der Waals surface area contributed by atoms with E-state index in [-0.39, 0.29) is 11.8 Å². The molecule has 0 bridgehead atoms. The number of carbonyl (C=O) groups excluding carboxylic acids is 1. The molecule has 0 amide bonds. The summed E-state index contributed by atoms with van der Waals surface area (Å²) in [5, 5.41) is 4.24. The van der Waals surface area contributed by atoms with Crippen molar-refractivity contribution in [1.82, 2.24) is 14.7 Å². The second-order valence-electron chi connectivity index (χ2n) is 4.20. The van der Waals surface area contributed by atoms with E-state index in [9.17, 15) is 4.79 Å². The fourth-order valence-corrected chi connectivity index (χ4v) is 3.13. The number of nitrogens with zero attached hydrogens (tertiary/aromatic N) is 3. The smallest absolute Gasteiger partial charge is 0.156 e. The zero-order valence-electron chi connectivity index (χ0n) is 9.72. The molecule has 1 aromatic rings. The summed E-state index contributed by atoms with van der Waals surface area (Å²) in [4.78, 5) is 14.2. The first-order valence-electron chi connectivity index (χ1n) is 5.46. The van der Waals surface area contributed by atoms with Gasteiger partial charge in [-0.15, -0.1) is 0 Å². The number of hydrogen-bond donors (Lipinski definition) is 0. The Hall–Kier alpha value is -0.810. The molecule has 0 aliphatic carbocycles. The van der Waals surface area contributed by atoms with Crippen LogP contribution in [-0.4, -0.2) is 51.6 Å². The van der Waals surface area contributed by atoms with E-state index in [0.29, 0.717) is 6.42 Å². The van der Waals surface area contributed by atoms with Gasteiger partial charge in [-0.25, -0.2) is 0 Å². The van der Waals surface area contributed by atoms with Gasteiger partial charge in [-0.05, 0) is 13.1 Å². The van der Waals surface area contributed by atoms with Gasteiger partial charge in [0.15, 0.2) is 5.78 Å². The monoisotopic (exact) mass is 239 g/mol. The second kappa shape index (κ2) is 5.01. The number of thioether (sulfide) groups is 1. The molecule has 0 aromatic carbocycles. The lowest BCUT2D eigenvalue weighted by Gasteiger charge is -2.30. The number of Topliss-reactive ketones (excluding diaryl/α,β-unsaturated/α-hetero) is 1. The zero-order chi connectivity index (χ0) is 11.5. The molecule has 5 heteroatoms. The molecular formula is C11H17N3OS. The lowest BCUT2D eigenvalue weighted by Crippen LogP contribution is -2.45. The molecule has 0 saturated carbocycles. The highest BCUT2D eigenvalue weighted by Gasteiger charge is 2.26. The summed E-state index contributed by atoms with van der Waals surface area (Å²) in [6.45, 7) is 1.00. The normalized spacial score (nSPS) is 22.2. The van der Waals surface area contributed by atoms with E-state index in [4.69, 9.17) is 0 Å². The molecule has 1 unspecified atom stereocenters. The molecule has 0 radical (unpaired) electrons. The molecule has 0 N–H and O–H groups in total. The molecule has 1 aromatic heterocycles. The van der Waals surface area contributed by atoms with E-state index in [1.54, 1.807) is 4.68 Å². The van der Waals surface area contributed by atoms with Gasteiger partial charge in [-0.1, -0.05) is 0 Å². The van der Waals surface area contributed by atoms with Gasteiger partial charge in [-0.2, -0.15) is 16.9 Å². The van der Waals surface area contributed by atoms with Gasteiger partial charge in [0.05, 0.1) is 18.2 Å². The number of ketones is 1. The molecule has 1 aliphatic rings. The summed E-state index contributed by atoms with van der Waals surface area (Å²) in [6, 6.07) is 1.98. The molecular weight excluding hydrogens is 222 g/mol. The number of aryl methyl sites for hydroxylation is 1. The van der Waals surface area contributed by atoms with Crippen molar-refractivity contribution in [1.29, 1.82) is 0 Å². The minimum absolute atomic E-state index is 0.0701. The number of rotatable bonds is 3. The first-order valence-corrected chi connectivity index (χ1v) is 6.61.